The second-order valence-electron chi connectivity index (χ2n) is 5.48. The molecule has 0 radical (unpaired) electrons. The highest BCUT2D eigenvalue weighted by Crippen LogP contribution is 2.28. The maximum Gasteiger partial charge on any atom is 0.287 e. The van der Waals surface area contributed by atoms with E-state index in [1.165, 1.54) is 6.42 Å². The van der Waals surface area contributed by atoms with Gasteiger partial charge in [-0.15, -0.1) is 0 Å². The van der Waals surface area contributed by atoms with Crippen LogP contribution in [0.5, 0.6) is 0 Å². The van der Waals surface area contributed by atoms with Crippen molar-refractivity contribution < 1.29 is 18.3 Å². The third-order valence-corrected chi connectivity index (χ3v) is 3.26. The van der Waals surface area contributed by atoms with E-state index in [-0.39, 0.29) is 6.54 Å². The standard InChI is InChI=1S/C11H20F2N2O2.C3H8.C2H6/c1-14-8-10(11(12,13)9-14)17-7-4-15-2-5-16-6-3-15;1-3-2;1-2/h10H,2-9H2,1H3;3H2,1-2H3;1-2H3. The number of hydrogen-bond acceptors (Lipinski definition) is 4. The van der Waals surface area contributed by atoms with Crippen LogP contribution < -0.4 is 0 Å². The van der Waals surface area contributed by atoms with Gasteiger partial charge in [0.05, 0.1) is 26.4 Å². The molecule has 2 saturated heterocycles. The summed E-state index contributed by atoms with van der Waals surface area (Å²) < 4.78 is 37.4. The molecule has 1 unspecified atom stereocenters. The Labute approximate surface area is 134 Å². The van der Waals surface area contributed by atoms with Gasteiger partial charge in [0.25, 0.3) is 5.92 Å². The van der Waals surface area contributed by atoms with Crippen molar-refractivity contribution in [3.05, 3.63) is 0 Å². The molecule has 0 amide bonds. The monoisotopic (exact) mass is 324 g/mol. The van der Waals surface area contributed by atoms with E-state index in [0.29, 0.717) is 19.7 Å². The van der Waals surface area contributed by atoms with Crippen molar-refractivity contribution in [1.82, 2.24) is 9.80 Å². The summed E-state index contributed by atoms with van der Waals surface area (Å²) in [4.78, 5) is 3.79. The summed E-state index contributed by atoms with van der Waals surface area (Å²) in [7, 11) is 1.69. The topological polar surface area (TPSA) is 24.9 Å². The van der Waals surface area contributed by atoms with E-state index in [4.69, 9.17) is 9.47 Å². The van der Waals surface area contributed by atoms with Gasteiger partial charge in [-0.1, -0.05) is 34.1 Å². The lowest BCUT2D eigenvalue weighted by molar-refractivity contribution is -0.109. The number of likely N-dealkylation sites (N-methyl/N-ethyl adjacent to an activating group) is 1. The normalized spacial score (nSPS) is 25.0. The van der Waals surface area contributed by atoms with Gasteiger partial charge in [0.15, 0.2) is 0 Å². The number of halogens is 2. The van der Waals surface area contributed by atoms with Gasteiger partial charge in [-0.05, 0) is 7.05 Å². The molecule has 0 spiro atoms. The zero-order chi connectivity index (χ0) is 17.0. The predicted molar refractivity (Wildman–Crippen MR) is 86.8 cm³/mol. The molecule has 0 aromatic carbocycles. The summed E-state index contributed by atoms with van der Waals surface area (Å²) in [5.74, 6) is -2.71. The van der Waals surface area contributed by atoms with Crippen molar-refractivity contribution in [2.24, 2.45) is 0 Å². The van der Waals surface area contributed by atoms with Crippen molar-refractivity contribution in [2.45, 2.75) is 46.1 Å². The van der Waals surface area contributed by atoms with Gasteiger partial charge < -0.3 is 9.47 Å². The average Bonchev–Trinajstić information content (AvgIpc) is 2.75. The summed E-state index contributed by atoms with van der Waals surface area (Å²) in [5.41, 5.74) is 0. The molecule has 4 nitrogen and oxygen atoms in total. The van der Waals surface area contributed by atoms with Crippen LogP contribution in [0.3, 0.4) is 0 Å². The number of morpholine rings is 1. The Morgan fingerprint density at radius 1 is 1.18 bits per heavy atom. The second-order valence-corrected chi connectivity index (χ2v) is 5.48. The summed E-state index contributed by atoms with van der Waals surface area (Å²) in [6, 6.07) is 0. The Morgan fingerprint density at radius 3 is 2.18 bits per heavy atom. The van der Waals surface area contributed by atoms with Crippen LogP contribution in [0.1, 0.15) is 34.1 Å². The number of nitrogens with zero attached hydrogens (tertiary/aromatic N) is 2. The first-order valence-electron chi connectivity index (χ1n) is 8.47. The number of alkyl halides is 2. The lowest BCUT2D eigenvalue weighted by atomic mass is 10.2. The van der Waals surface area contributed by atoms with E-state index in [0.717, 1.165) is 26.3 Å². The number of rotatable bonds is 4. The quantitative estimate of drug-likeness (QED) is 0.794. The molecule has 0 N–H and O–H groups in total. The third-order valence-electron chi connectivity index (χ3n) is 3.26. The fourth-order valence-corrected chi connectivity index (χ4v) is 2.27. The van der Waals surface area contributed by atoms with Crippen molar-refractivity contribution >= 4 is 0 Å². The molecule has 22 heavy (non-hydrogen) atoms. The van der Waals surface area contributed by atoms with Gasteiger partial charge in [-0.2, -0.15) is 0 Å². The number of ether oxygens (including phenoxy) is 2. The van der Waals surface area contributed by atoms with E-state index in [1.54, 1.807) is 11.9 Å². The molecule has 6 heteroatoms. The zero-order valence-electron chi connectivity index (χ0n) is 14.9. The van der Waals surface area contributed by atoms with Gasteiger partial charge in [0, 0.05) is 26.2 Å². The molecule has 1 atom stereocenters. The van der Waals surface area contributed by atoms with Crippen LogP contribution in [-0.4, -0.2) is 81.4 Å². The molecule has 0 saturated carbocycles. The molecule has 2 aliphatic rings. The summed E-state index contributed by atoms with van der Waals surface area (Å²) >= 11 is 0. The maximum atomic E-state index is 13.4. The Kier molecular flexibility index (Phi) is 12.0. The second kappa shape index (κ2) is 12.2. The Hall–Kier alpha value is -0.300. The third kappa shape index (κ3) is 8.36. The first-order valence-corrected chi connectivity index (χ1v) is 8.47. The van der Waals surface area contributed by atoms with Crippen LogP contribution >= 0.6 is 0 Å². The van der Waals surface area contributed by atoms with E-state index in [9.17, 15) is 8.78 Å². The molecular weight excluding hydrogens is 290 g/mol. The summed E-state index contributed by atoms with van der Waals surface area (Å²) in [6.45, 7) is 12.6. The maximum absolute atomic E-state index is 13.4. The highest BCUT2D eigenvalue weighted by molar-refractivity contribution is 4.90. The Morgan fingerprint density at radius 2 is 1.73 bits per heavy atom. The fourth-order valence-electron chi connectivity index (χ4n) is 2.27. The SMILES string of the molecule is CC.CCC.CN1CC(OCCN2CCOCC2)C(F)(F)C1. The molecule has 2 aliphatic heterocycles. The summed E-state index contributed by atoms with van der Waals surface area (Å²) in [5, 5.41) is 0. The summed E-state index contributed by atoms with van der Waals surface area (Å²) in [6.07, 6.45) is 0.300. The van der Waals surface area contributed by atoms with E-state index >= 15 is 0 Å². The highest BCUT2D eigenvalue weighted by Gasteiger charge is 2.47. The molecular formula is C16H34F2N2O2. The molecule has 2 fully saturated rings. The zero-order valence-corrected chi connectivity index (χ0v) is 14.9. The molecule has 0 aromatic heterocycles. The molecule has 134 valence electrons. The van der Waals surface area contributed by atoms with Crippen LogP contribution in [0.2, 0.25) is 0 Å². The van der Waals surface area contributed by atoms with Gasteiger partial charge in [-0.25, -0.2) is 8.78 Å². The lowest BCUT2D eigenvalue weighted by Gasteiger charge is -2.27. The molecule has 2 rings (SSSR count). The largest absolute Gasteiger partial charge is 0.379 e. The van der Waals surface area contributed by atoms with E-state index < -0.39 is 12.0 Å². The molecule has 0 aromatic rings. The first-order chi connectivity index (χ1) is 10.5. The van der Waals surface area contributed by atoms with Gasteiger partial charge in [-0.3, -0.25) is 9.80 Å². The van der Waals surface area contributed by atoms with Gasteiger partial charge in [0.1, 0.15) is 6.10 Å². The van der Waals surface area contributed by atoms with E-state index in [1.807, 2.05) is 13.8 Å². The minimum Gasteiger partial charge on any atom is -0.379 e. The van der Waals surface area contributed by atoms with Crippen LogP contribution in [0.25, 0.3) is 0 Å². The van der Waals surface area contributed by atoms with Crippen LogP contribution in [0.4, 0.5) is 8.78 Å². The lowest BCUT2D eigenvalue weighted by Crippen LogP contribution is -2.40. The van der Waals surface area contributed by atoms with Crippen molar-refractivity contribution in [2.75, 3.05) is 59.6 Å². The van der Waals surface area contributed by atoms with Crippen LogP contribution in [-0.2, 0) is 9.47 Å². The van der Waals surface area contributed by atoms with Crippen molar-refractivity contribution in [3.8, 4) is 0 Å². The van der Waals surface area contributed by atoms with Crippen LogP contribution in [0.15, 0.2) is 0 Å². The van der Waals surface area contributed by atoms with Gasteiger partial charge >= 0.3 is 0 Å². The van der Waals surface area contributed by atoms with Crippen LogP contribution in [0, 0.1) is 0 Å². The smallest absolute Gasteiger partial charge is 0.287 e. The predicted octanol–water partition coefficient (Wildman–Crippen LogP) is 2.73. The van der Waals surface area contributed by atoms with E-state index in [2.05, 4.69) is 18.7 Å². The Balaban J connectivity index is 0.000000789. The molecule has 0 aliphatic carbocycles. The number of likely N-dealkylation sites (tertiary alicyclic amines) is 1. The minimum absolute atomic E-state index is 0.199. The minimum atomic E-state index is -2.71. The molecule has 0 bridgehead atoms. The van der Waals surface area contributed by atoms with Crippen molar-refractivity contribution in [1.29, 1.82) is 0 Å². The first kappa shape index (κ1) is 21.7. The average molecular weight is 324 g/mol. The Bertz CT molecular complexity index is 263. The number of hydrogen-bond donors (Lipinski definition) is 0. The van der Waals surface area contributed by atoms with Crippen molar-refractivity contribution in [3.63, 3.8) is 0 Å². The highest BCUT2D eigenvalue weighted by atomic mass is 19.3. The van der Waals surface area contributed by atoms with Gasteiger partial charge in [0.2, 0.25) is 0 Å². The fraction of sp³-hybridized carbons (Fsp3) is 1.00. The molecule has 2 heterocycles.